The van der Waals surface area contributed by atoms with Gasteiger partial charge in [-0.05, 0) is 44.2 Å². The van der Waals surface area contributed by atoms with Crippen LogP contribution < -0.4 is 5.32 Å². The molecule has 1 saturated carbocycles. The summed E-state index contributed by atoms with van der Waals surface area (Å²) in [6.45, 7) is 6.31. The maximum absolute atomic E-state index is 11.1. The lowest BCUT2D eigenvalue weighted by Crippen LogP contribution is -2.35. The molecule has 3 heteroatoms. The number of hydrogen-bond donors (Lipinski definition) is 2. The predicted molar refractivity (Wildman–Crippen MR) is 65.4 cm³/mol. The van der Waals surface area contributed by atoms with Crippen LogP contribution in [0.4, 0.5) is 0 Å². The summed E-state index contributed by atoms with van der Waals surface area (Å²) in [6.07, 6.45) is 5.39. The summed E-state index contributed by atoms with van der Waals surface area (Å²) in [4.78, 5) is 11.1. The van der Waals surface area contributed by atoms with Crippen molar-refractivity contribution in [3.05, 3.63) is 0 Å². The summed E-state index contributed by atoms with van der Waals surface area (Å²) in [5.41, 5.74) is 0. The molecule has 0 saturated heterocycles. The normalized spacial score (nSPS) is 25.9. The van der Waals surface area contributed by atoms with Crippen molar-refractivity contribution in [2.24, 2.45) is 17.8 Å². The molecule has 2 atom stereocenters. The lowest BCUT2D eigenvalue weighted by molar-refractivity contribution is -0.144. The van der Waals surface area contributed by atoms with Crippen LogP contribution in [0, 0.1) is 17.8 Å². The topological polar surface area (TPSA) is 49.3 Å². The quantitative estimate of drug-likeness (QED) is 0.685. The zero-order valence-corrected chi connectivity index (χ0v) is 10.5. The molecule has 0 amide bonds. The van der Waals surface area contributed by atoms with Gasteiger partial charge in [0.1, 0.15) is 0 Å². The zero-order valence-electron chi connectivity index (χ0n) is 10.5. The van der Waals surface area contributed by atoms with Crippen LogP contribution in [0.25, 0.3) is 0 Å². The van der Waals surface area contributed by atoms with E-state index in [-0.39, 0.29) is 5.92 Å². The minimum atomic E-state index is -0.602. The van der Waals surface area contributed by atoms with Crippen LogP contribution in [0.1, 0.15) is 46.0 Å². The first kappa shape index (κ1) is 13.5. The Hall–Kier alpha value is -0.570. The smallest absolute Gasteiger partial charge is 0.306 e. The fourth-order valence-corrected chi connectivity index (χ4v) is 2.46. The van der Waals surface area contributed by atoms with E-state index in [0.29, 0.717) is 11.8 Å². The van der Waals surface area contributed by atoms with Gasteiger partial charge < -0.3 is 10.4 Å². The van der Waals surface area contributed by atoms with E-state index in [1.807, 2.05) is 0 Å². The van der Waals surface area contributed by atoms with Crippen molar-refractivity contribution < 1.29 is 9.90 Å². The lowest BCUT2D eigenvalue weighted by Gasteiger charge is -2.28. The number of carboxylic acids is 1. The van der Waals surface area contributed by atoms with E-state index in [9.17, 15) is 4.79 Å². The van der Waals surface area contributed by atoms with E-state index in [1.54, 1.807) is 0 Å². The van der Waals surface area contributed by atoms with Gasteiger partial charge in [-0.3, -0.25) is 4.79 Å². The number of aliphatic carboxylic acids is 1. The molecule has 16 heavy (non-hydrogen) atoms. The SMILES string of the molecule is CC(C)CCNCC1CCCCC1C(=O)O. The summed E-state index contributed by atoms with van der Waals surface area (Å²) in [5, 5.41) is 12.5. The molecule has 3 nitrogen and oxygen atoms in total. The van der Waals surface area contributed by atoms with E-state index in [1.165, 1.54) is 12.8 Å². The third-order valence-corrected chi connectivity index (χ3v) is 3.53. The predicted octanol–water partition coefficient (Wildman–Crippen LogP) is 2.51. The number of nitrogens with one attached hydrogen (secondary N) is 1. The van der Waals surface area contributed by atoms with Crippen molar-refractivity contribution in [3.8, 4) is 0 Å². The Labute approximate surface area is 98.6 Å². The van der Waals surface area contributed by atoms with Crippen LogP contribution in [0.3, 0.4) is 0 Å². The van der Waals surface area contributed by atoms with Crippen molar-refractivity contribution in [2.45, 2.75) is 46.0 Å². The Morgan fingerprint density at radius 2 is 2.06 bits per heavy atom. The molecular formula is C13H25NO2. The van der Waals surface area contributed by atoms with Gasteiger partial charge in [0.2, 0.25) is 0 Å². The highest BCUT2D eigenvalue weighted by Crippen LogP contribution is 2.29. The molecule has 2 N–H and O–H groups in total. The largest absolute Gasteiger partial charge is 0.481 e. The molecule has 1 aliphatic carbocycles. The number of rotatable bonds is 6. The van der Waals surface area contributed by atoms with Gasteiger partial charge in [0.05, 0.1) is 5.92 Å². The number of hydrogen-bond acceptors (Lipinski definition) is 2. The molecule has 0 aromatic carbocycles. The van der Waals surface area contributed by atoms with E-state index in [0.717, 1.165) is 32.4 Å². The summed E-state index contributed by atoms with van der Waals surface area (Å²) >= 11 is 0. The van der Waals surface area contributed by atoms with Gasteiger partial charge in [-0.2, -0.15) is 0 Å². The molecule has 0 spiro atoms. The van der Waals surface area contributed by atoms with Gasteiger partial charge in [0, 0.05) is 0 Å². The average molecular weight is 227 g/mol. The molecule has 0 bridgehead atoms. The minimum absolute atomic E-state index is 0.111. The second kappa shape index (κ2) is 6.89. The average Bonchev–Trinajstić information content (AvgIpc) is 2.24. The van der Waals surface area contributed by atoms with Gasteiger partial charge in [0.25, 0.3) is 0 Å². The molecule has 94 valence electrons. The number of carboxylic acid groups (broad SMARTS) is 1. The fraction of sp³-hybridized carbons (Fsp3) is 0.923. The van der Waals surface area contributed by atoms with E-state index < -0.39 is 5.97 Å². The van der Waals surface area contributed by atoms with E-state index in [2.05, 4.69) is 19.2 Å². The highest BCUT2D eigenvalue weighted by Gasteiger charge is 2.30. The van der Waals surface area contributed by atoms with Gasteiger partial charge >= 0.3 is 5.97 Å². The second-order valence-corrected chi connectivity index (χ2v) is 5.38. The lowest BCUT2D eigenvalue weighted by atomic mass is 9.79. The third kappa shape index (κ3) is 4.52. The van der Waals surface area contributed by atoms with Crippen LogP contribution in [0.2, 0.25) is 0 Å². The van der Waals surface area contributed by atoms with Gasteiger partial charge in [0.15, 0.2) is 0 Å². The van der Waals surface area contributed by atoms with Crippen molar-refractivity contribution in [1.29, 1.82) is 0 Å². The monoisotopic (exact) mass is 227 g/mol. The molecule has 0 aromatic heterocycles. The minimum Gasteiger partial charge on any atom is -0.481 e. The molecule has 0 aromatic rings. The first-order valence-corrected chi connectivity index (χ1v) is 6.54. The summed E-state index contributed by atoms with van der Waals surface area (Å²) < 4.78 is 0. The Balaban J connectivity index is 2.24. The van der Waals surface area contributed by atoms with Crippen LogP contribution in [-0.4, -0.2) is 24.2 Å². The van der Waals surface area contributed by atoms with Crippen molar-refractivity contribution in [2.75, 3.05) is 13.1 Å². The molecule has 0 aliphatic heterocycles. The van der Waals surface area contributed by atoms with Gasteiger partial charge in [-0.1, -0.05) is 26.7 Å². The first-order chi connectivity index (χ1) is 7.61. The molecule has 1 aliphatic rings. The fourth-order valence-electron chi connectivity index (χ4n) is 2.46. The maximum atomic E-state index is 11.1. The number of carbonyl (C=O) groups is 1. The highest BCUT2D eigenvalue weighted by atomic mass is 16.4. The van der Waals surface area contributed by atoms with Crippen molar-refractivity contribution >= 4 is 5.97 Å². The van der Waals surface area contributed by atoms with Crippen LogP contribution in [-0.2, 0) is 4.79 Å². The zero-order chi connectivity index (χ0) is 12.0. The Morgan fingerprint density at radius 3 is 2.69 bits per heavy atom. The van der Waals surface area contributed by atoms with E-state index in [4.69, 9.17) is 5.11 Å². The van der Waals surface area contributed by atoms with Crippen LogP contribution >= 0.6 is 0 Å². The molecule has 2 unspecified atom stereocenters. The second-order valence-electron chi connectivity index (χ2n) is 5.38. The maximum Gasteiger partial charge on any atom is 0.306 e. The summed E-state index contributed by atoms with van der Waals surface area (Å²) in [6, 6.07) is 0. The van der Waals surface area contributed by atoms with Crippen molar-refractivity contribution in [1.82, 2.24) is 5.32 Å². The van der Waals surface area contributed by atoms with Crippen LogP contribution in [0.5, 0.6) is 0 Å². The van der Waals surface area contributed by atoms with Gasteiger partial charge in [-0.25, -0.2) is 0 Å². The summed E-state index contributed by atoms with van der Waals surface area (Å²) in [5.74, 6) is 0.350. The highest BCUT2D eigenvalue weighted by molar-refractivity contribution is 5.70. The standard InChI is InChI=1S/C13H25NO2/c1-10(2)7-8-14-9-11-5-3-4-6-12(11)13(15)16/h10-12,14H,3-9H2,1-2H3,(H,15,16). The molecule has 1 rings (SSSR count). The molecular weight excluding hydrogens is 202 g/mol. The van der Waals surface area contributed by atoms with E-state index >= 15 is 0 Å². The molecule has 0 radical (unpaired) electrons. The van der Waals surface area contributed by atoms with Crippen molar-refractivity contribution in [3.63, 3.8) is 0 Å². The molecule has 0 heterocycles. The Bertz CT molecular complexity index is 216. The third-order valence-electron chi connectivity index (χ3n) is 3.53. The van der Waals surface area contributed by atoms with Gasteiger partial charge in [-0.15, -0.1) is 0 Å². The first-order valence-electron chi connectivity index (χ1n) is 6.54. The Morgan fingerprint density at radius 1 is 1.38 bits per heavy atom. The Kier molecular flexibility index (Phi) is 5.81. The van der Waals surface area contributed by atoms with Crippen LogP contribution in [0.15, 0.2) is 0 Å². The molecule has 1 fully saturated rings. The summed E-state index contributed by atoms with van der Waals surface area (Å²) in [7, 11) is 0.